The zero-order valence-corrected chi connectivity index (χ0v) is 8.93. The molecule has 0 aromatic carbocycles. The van der Waals surface area contributed by atoms with E-state index in [1.165, 1.54) is 6.42 Å². The smallest absolute Gasteiger partial charge is 0.0167 e. The van der Waals surface area contributed by atoms with Crippen molar-refractivity contribution < 1.29 is 0 Å². The van der Waals surface area contributed by atoms with Crippen molar-refractivity contribution in [3.8, 4) is 0 Å². The first-order chi connectivity index (χ1) is 5.56. The zero-order chi connectivity index (χ0) is 9.56. The molecular weight excluding hydrogens is 148 g/mol. The van der Waals surface area contributed by atoms with E-state index in [1.807, 2.05) is 0 Å². The van der Waals surface area contributed by atoms with E-state index in [4.69, 9.17) is 5.73 Å². The van der Waals surface area contributed by atoms with Crippen LogP contribution >= 0.6 is 0 Å². The van der Waals surface area contributed by atoms with Crippen LogP contribution in [0.2, 0.25) is 0 Å². The third-order valence-electron chi connectivity index (χ3n) is 2.19. The molecule has 2 heteroatoms. The van der Waals surface area contributed by atoms with Gasteiger partial charge in [0.1, 0.15) is 0 Å². The molecular formula is C10H24N2. The van der Waals surface area contributed by atoms with Crippen molar-refractivity contribution >= 4 is 0 Å². The van der Waals surface area contributed by atoms with Gasteiger partial charge in [0.25, 0.3) is 0 Å². The molecule has 0 spiro atoms. The van der Waals surface area contributed by atoms with Crippen LogP contribution in [0.1, 0.15) is 40.5 Å². The largest absolute Gasteiger partial charge is 0.327 e. The molecule has 2 atom stereocenters. The number of nitrogens with two attached hydrogens (primary N) is 1. The molecule has 0 aromatic rings. The van der Waals surface area contributed by atoms with Gasteiger partial charge in [0, 0.05) is 18.6 Å². The van der Waals surface area contributed by atoms with Crippen LogP contribution < -0.4 is 11.1 Å². The molecule has 74 valence electrons. The Morgan fingerprint density at radius 1 is 1.25 bits per heavy atom. The maximum Gasteiger partial charge on any atom is 0.0167 e. The maximum absolute atomic E-state index is 5.94. The quantitative estimate of drug-likeness (QED) is 0.640. The summed E-state index contributed by atoms with van der Waals surface area (Å²) in [6.07, 6.45) is 2.37. The van der Waals surface area contributed by atoms with Crippen molar-refractivity contribution in [2.75, 3.05) is 6.54 Å². The summed E-state index contributed by atoms with van der Waals surface area (Å²) in [5.41, 5.74) is 5.94. The highest BCUT2D eigenvalue weighted by molar-refractivity contribution is 4.68. The van der Waals surface area contributed by atoms with E-state index < -0.39 is 0 Å². The minimum atomic E-state index is 0.322. The van der Waals surface area contributed by atoms with E-state index >= 15 is 0 Å². The second kappa shape index (κ2) is 6.44. The van der Waals surface area contributed by atoms with E-state index in [9.17, 15) is 0 Å². The van der Waals surface area contributed by atoms with E-state index in [-0.39, 0.29) is 0 Å². The lowest BCUT2D eigenvalue weighted by Gasteiger charge is -2.17. The van der Waals surface area contributed by atoms with E-state index in [2.05, 4.69) is 33.0 Å². The number of hydrogen-bond donors (Lipinski definition) is 2. The van der Waals surface area contributed by atoms with Gasteiger partial charge in [-0.1, -0.05) is 34.1 Å². The Bertz CT molecular complexity index is 102. The van der Waals surface area contributed by atoms with Crippen LogP contribution in [0, 0.1) is 5.92 Å². The van der Waals surface area contributed by atoms with Gasteiger partial charge in [0.2, 0.25) is 0 Å². The van der Waals surface area contributed by atoms with Gasteiger partial charge in [-0.05, 0) is 12.3 Å². The summed E-state index contributed by atoms with van der Waals surface area (Å²) in [6.45, 7) is 9.72. The summed E-state index contributed by atoms with van der Waals surface area (Å²) in [4.78, 5) is 0. The number of rotatable bonds is 6. The molecule has 0 heterocycles. The molecule has 0 fully saturated rings. The standard InChI is InChI=1S/C10H24N2/c1-5-9(4)6-10(11)7-12-8(2)3/h8-10,12H,5-7,11H2,1-4H3/t9-,10+/m1/s1. The topological polar surface area (TPSA) is 38.0 Å². The Morgan fingerprint density at radius 3 is 2.25 bits per heavy atom. The van der Waals surface area contributed by atoms with Crippen LogP contribution in [-0.4, -0.2) is 18.6 Å². The van der Waals surface area contributed by atoms with Gasteiger partial charge in [0.05, 0.1) is 0 Å². The first-order valence-corrected chi connectivity index (χ1v) is 5.05. The van der Waals surface area contributed by atoms with Crippen LogP contribution in [0.5, 0.6) is 0 Å². The van der Waals surface area contributed by atoms with Crippen molar-refractivity contribution in [3.05, 3.63) is 0 Å². The Hall–Kier alpha value is -0.0800. The third kappa shape index (κ3) is 6.62. The summed E-state index contributed by atoms with van der Waals surface area (Å²) >= 11 is 0. The fourth-order valence-corrected chi connectivity index (χ4v) is 1.15. The molecule has 3 N–H and O–H groups in total. The first-order valence-electron chi connectivity index (χ1n) is 5.05. The molecule has 0 bridgehead atoms. The molecule has 0 aliphatic rings. The number of hydrogen-bond acceptors (Lipinski definition) is 2. The molecule has 0 aliphatic carbocycles. The lowest BCUT2D eigenvalue weighted by Crippen LogP contribution is -2.38. The van der Waals surface area contributed by atoms with Crippen LogP contribution in [0.4, 0.5) is 0 Å². The lowest BCUT2D eigenvalue weighted by atomic mass is 10.00. The van der Waals surface area contributed by atoms with Crippen LogP contribution in [-0.2, 0) is 0 Å². The molecule has 0 aromatic heterocycles. The highest BCUT2D eigenvalue weighted by atomic mass is 14.9. The van der Waals surface area contributed by atoms with E-state index in [0.29, 0.717) is 12.1 Å². The van der Waals surface area contributed by atoms with E-state index in [0.717, 1.165) is 18.9 Å². The molecule has 12 heavy (non-hydrogen) atoms. The van der Waals surface area contributed by atoms with Gasteiger partial charge in [-0.25, -0.2) is 0 Å². The molecule has 0 saturated carbocycles. The predicted octanol–water partition coefficient (Wildman–Crippen LogP) is 1.75. The van der Waals surface area contributed by atoms with Gasteiger partial charge >= 0.3 is 0 Å². The highest BCUT2D eigenvalue weighted by Gasteiger charge is 2.07. The Morgan fingerprint density at radius 2 is 1.83 bits per heavy atom. The van der Waals surface area contributed by atoms with Crippen molar-refractivity contribution in [1.82, 2.24) is 5.32 Å². The van der Waals surface area contributed by atoms with Gasteiger partial charge in [0.15, 0.2) is 0 Å². The summed E-state index contributed by atoms with van der Waals surface area (Å²) < 4.78 is 0. The van der Waals surface area contributed by atoms with Crippen molar-refractivity contribution in [1.29, 1.82) is 0 Å². The normalized spacial score (nSPS) is 16.5. The minimum Gasteiger partial charge on any atom is -0.327 e. The second-order valence-corrected chi connectivity index (χ2v) is 4.07. The average molecular weight is 172 g/mol. The highest BCUT2D eigenvalue weighted by Crippen LogP contribution is 2.07. The summed E-state index contributed by atoms with van der Waals surface area (Å²) in [6, 6.07) is 0.871. The van der Waals surface area contributed by atoms with Crippen LogP contribution in [0.15, 0.2) is 0 Å². The van der Waals surface area contributed by atoms with E-state index in [1.54, 1.807) is 0 Å². The monoisotopic (exact) mass is 172 g/mol. The number of nitrogens with one attached hydrogen (secondary N) is 1. The SMILES string of the molecule is CC[C@@H](C)C[C@H](N)CNC(C)C. The summed E-state index contributed by atoms with van der Waals surface area (Å²) in [7, 11) is 0. The van der Waals surface area contributed by atoms with Gasteiger partial charge in [-0.15, -0.1) is 0 Å². The molecule has 0 unspecified atom stereocenters. The average Bonchev–Trinajstić information content (AvgIpc) is 2.00. The Labute approximate surface area is 76.9 Å². The third-order valence-corrected chi connectivity index (χ3v) is 2.19. The molecule has 0 amide bonds. The molecule has 2 nitrogen and oxygen atoms in total. The van der Waals surface area contributed by atoms with Crippen molar-refractivity contribution in [3.63, 3.8) is 0 Å². The van der Waals surface area contributed by atoms with Crippen molar-refractivity contribution in [2.45, 2.75) is 52.6 Å². The second-order valence-electron chi connectivity index (χ2n) is 4.07. The molecule has 0 rings (SSSR count). The lowest BCUT2D eigenvalue weighted by molar-refractivity contribution is 0.422. The van der Waals surface area contributed by atoms with Gasteiger partial charge in [-0.3, -0.25) is 0 Å². The summed E-state index contributed by atoms with van der Waals surface area (Å²) in [5, 5.41) is 3.35. The van der Waals surface area contributed by atoms with Gasteiger partial charge < -0.3 is 11.1 Å². The predicted molar refractivity (Wildman–Crippen MR) is 55.2 cm³/mol. The molecule has 0 saturated heterocycles. The van der Waals surface area contributed by atoms with Crippen LogP contribution in [0.25, 0.3) is 0 Å². The Kier molecular flexibility index (Phi) is 6.39. The maximum atomic E-state index is 5.94. The fourth-order valence-electron chi connectivity index (χ4n) is 1.15. The molecule has 0 aliphatic heterocycles. The first kappa shape index (κ1) is 11.9. The minimum absolute atomic E-state index is 0.322. The summed E-state index contributed by atoms with van der Waals surface area (Å²) in [5.74, 6) is 0.758. The van der Waals surface area contributed by atoms with Crippen LogP contribution in [0.3, 0.4) is 0 Å². The zero-order valence-electron chi connectivity index (χ0n) is 8.93. The van der Waals surface area contributed by atoms with Crippen molar-refractivity contribution in [2.24, 2.45) is 11.7 Å². The fraction of sp³-hybridized carbons (Fsp3) is 1.00. The molecule has 0 radical (unpaired) electrons. The van der Waals surface area contributed by atoms with Gasteiger partial charge in [-0.2, -0.15) is 0 Å². The Balaban J connectivity index is 3.39.